The van der Waals surface area contributed by atoms with E-state index in [9.17, 15) is 0 Å². The maximum Gasteiger partial charge on any atom is 0.0943 e. The van der Waals surface area contributed by atoms with E-state index in [4.69, 9.17) is 5.26 Å². The van der Waals surface area contributed by atoms with Crippen molar-refractivity contribution in [3.8, 4) is 6.07 Å². The molecule has 1 aliphatic carbocycles. The van der Waals surface area contributed by atoms with Crippen molar-refractivity contribution in [3.63, 3.8) is 0 Å². The van der Waals surface area contributed by atoms with Crippen LogP contribution >= 0.6 is 0 Å². The second-order valence-corrected chi connectivity index (χ2v) is 4.85. The molecule has 2 unspecified atom stereocenters. The Labute approximate surface area is 109 Å². The minimum atomic E-state index is 0.424. The molecule has 0 aromatic heterocycles. The lowest BCUT2D eigenvalue weighted by Gasteiger charge is -2.27. The van der Waals surface area contributed by atoms with Gasteiger partial charge in [0.05, 0.1) is 6.07 Å². The monoisotopic (exact) mass is 240 g/mol. The number of hydrogen-bond donors (Lipinski definition) is 1. The zero-order valence-corrected chi connectivity index (χ0v) is 10.9. The predicted molar refractivity (Wildman–Crippen MR) is 73.9 cm³/mol. The Bertz CT molecular complexity index is 442. The fourth-order valence-corrected chi connectivity index (χ4v) is 2.51. The van der Waals surface area contributed by atoms with Crippen LogP contribution in [0.25, 0.3) is 0 Å². The van der Waals surface area contributed by atoms with Gasteiger partial charge in [-0.05, 0) is 31.2 Å². The predicted octanol–water partition coefficient (Wildman–Crippen LogP) is 3.73. The number of nitrogens with zero attached hydrogens (tertiary/aromatic N) is 1. The lowest BCUT2D eigenvalue weighted by Crippen LogP contribution is -2.33. The Balaban J connectivity index is 1.97. The number of rotatable bonds is 4. The van der Waals surface area contributed by atoms with Crippen LogP contribution < -0.4 is 5.32 Å². The number of nitriles is 1. The molecule has 2 atom stereocenters. The summed E-state index contributed by atoms with van der Waals surface area (Å²) >= 11 is 0. The van der Waals surface area contributed by atoms with Crippen molar-refractivity contribution < 1.29 is 0 Å². The van der Waals surface area contributed by atoms with E-state index in [1.54, 1.807) is 0 Å². The highest BCUT2D eigenvalue weighted by molar-refractivity contribution is 5.24. The number of allylic oxidation sites excluding steroid dienone is 1. The highest BCUT2D eigenvalue weighted by Crippen LogP contribution is 2.22. The molecule has 2 rings (SSSR count). The van der Waals surface area contributed by atoms with Crippen molar-refractivity contribution in [2.45, 2.75) is 44.7 Å². The fourth-order valence-electron chi connectivity index (χ4n) is 2.51. The molecule has 0 bridgehead atoms. The molecule has 1 aromatic rings. The summed E-state index contributed by atoms with van der Waals surface area (Å²) in [6.07, 6.45) is 6.14. The summed E-state index contributed by atoms with van der Waals surface area (Å²) in [7, 11) is 0. The van der Waals surface area contributed by atoms with Crippen LogP contribution in [0.4, 0.5) is 0 Å². The topological polar surface area (TPSA) is 35.8 Å². The largest absolute Gasteiger partial charge is 0.307 e. The van der Waals surface area contributed by atoms with E-state index in [-0.39, 0.29) is 0 Å². The van der Waals surface area contributed by atoms with Gasteiger partial charge in [0.2, 0.25) is 0 Å². The van der Waals surface area contributed by atoms with Crippen molar-refractivity contribution in [1.82, 2.24) is 5.32 Å². The van der Waals surface area contributed by atoms with E-state index < -0.39 is 0 Å². The molecule has 2 nitrogen and oxygen atoms in total. The van der Waals surface area contributed by atoms with Gasteiger partial charge in [-0.25, -0.2) is 0 Å². The van der Waals surface area contributed by atoms with Gasteiger partial charge in [0.1, 0.15) is 0 Å². The van der Waals surface area contributed by atoms with Crippen LogP contribution in [-0.2, 0) is 0 Å². The Hall–Kier alpha value is -1.59. The van der Waals surface area contributed by atoms with E-state index >= 15 is 0 Å². The minimum Gasteiger partial charge on any atom is -0.307 e. The average molecular weight is 240 g/mol. The summed E-state index contributed by atoms with van der Waals surface area (Å²) in [5, 5.41) is 12.6. The first-order valence-corrected chi connectivity index (χ1v) is 6.73. The molecule has 0 amide bonds. The van der Waals surface area contributed by atoms with E-state index in [0.29, 0.717) is 12.1 Å². The lowest BCUT2D eigenvalue weighted by atomic mass is 9.94. The first-order valence-electron chi connectivity index (χ1n) is 6.73. The van der Waals surface area contributed by atoms with Crippen LogP contribution in [0.1, 0.15) is 44.2 Å². The summed E-state index contributed by atoms with van der Waals surface area (Å²) in [4.78, 5) is 0. The number of nitrogens with one attached hydrogen (secondary N) is 1. The summed E-state index contributed by atoms with van der Waals surface area (Å²) in [5.74, 6) is 0. The van der Waals surface area contributed by atoms with Gasteiger partial charge in [0, 0.05) is 17.7 Å². The Morgan fingerprint density at radius 1 is 1.39 bits per heavy atom. The molecule has 0 fully saturated rings. The molecule has 0 spiro atoms. The van der Waals surface area contributed by atoms with Crippen LogP contribution in [0.5, 0.6) is 0 Å². The van der Waals surface area contributed by atoms with Crippen molar-refractivity contribution in [3.05, 3.63) is 47.5 Å². The van der Waals surface area contributed by atoms with Gasteiger partial charge >= 0.3 is 0 Å². The van der Waals surface area contributed by atoms with Crippen LogP contribution in [0.2, 0.25) is 0 Å². The van der Waals surface area contributed by atoms with E-state index in [0.717, 1.165) is 31.3 Å². The fraction of sp³-hybridized carbons (Fsp3) is 0.438. The van der Waals surface area contributed by atoms with Gasteiger partial charge in [-0.3, -0.25) is 0 Å². The number of hydrogen-bond acceptors (Lipinski definition) is 2. The van der Waals surface area contributed by atoms with Crippen LogP contribution in [0, 0.1) is 11.3 Å². The second kappa shape index (κ2) is 6.37. The van der Waals surface area contributed by atoms with Crippen LogP contribution in [0.15, 0.2) is 42.0 Å². The molecule has 1 aliphatic rings. The van der Waals surface area contributed by atoms with Gasteiger partial charge in [-0.1, -0.05) is 43.3 Å². The van der Waals surface area contributed by atoms with E-state index in [2.05, 4.69) is 54.7 Å². The Morgan fingerprint density at radius 3 is 2.72 bits per heavy atom. The quantitative estimate of drug-likeness (QED) is 0.870. The van der Waals surface area contributed by atoms with Gasteiger partial charge < -0.3 is 5.32 Å². The number of benzene rings is 1. The van der Waals surface area contributed by atoms with Gasteiger partial charge in [0.25, 0.3) is 0 Å². The molecule has 0 saturated carbocycles. The van der Waals surface area contributed by atoms with Gasteiger partial charge in [-0.2, -0.15) is 5.26 Å². The highest BCUT2D eigenvalue weighted by Gasteiger charge is 2.18. The summed E-state index contributed by atoms with van der Waals surface area (Å²) in [6, 6.07) is 13.8. The summed E-state index contributed by atoms with van der Waals surface area (Å²) in [5.41, 5.74) is 2.30. The van der Waals surface area contributed by atoms with Crippen molar-refractivity contribution in [1.29, 1.82) is 5.26 Å². The van der Waals surface area contributed by atoms with Crippen LogP contribution in [-0.4, -0.2) is 6.04 Å². The average Bonchev–Trinajstić information content (AvgIpc) is 2.46. The van der Waals surface area contributed by atoms with Crippen LogP contribution in [0.3, 0.4) is 0 Å². The first kappa shape index (κ1) is 12.9. The molecule has 0 heterocycles. The molecule has 94 valence electrons. The lowest BCUT2D eigenvalue weighted by molar-refractivity contribution is 0.399. The molecule has 0 saturated heterocycles. The molecular formula is C16H20N2. The minimum absolute atomic E-state index is 0.424. The third-order valence-electron chi connectivity index (χ3n) is 3.60. The summed E-state index contributed by atoms with van der Waals surface area (Å²) in [6.45, 7) is 2.21. The zero-order chi connectivity index (χ0) is 12.8. The maximum atomic E-state index is 8.84. The first-order chi connectivity index (χ1) is 8.83. The molecule has 2 heteroatoms. The second-order valence-electron chi connectivity index (χ2n) is 4.85. The van der Waals surface area contributed by atoms with E-state index in [1.807, 2.05) is 0 Å². The summed E-state index contributed by atoms with van der Waals surface area (Å²) < 4.78 is 0. The van der Waals surface area contributed by atoms with Gasteiger partial charge in [-0.15, -0.1) is 0 Å². The third kappa shape index (κ3) is 3.21. The molecule has 0 aliphatic heterocycles. The molecule has 18 heavy (non-hydrogen) atoms. The van der Waals surface area contributed by atoms with E-state index in [1.165, 1.54) is 5.56 Å². The van der Waals surface area contributed by atoms with Crippen molar-refractivity contribution in [2.24, 2.45) is 0 Å². The Morgan fingerprint density at radius 2 is 2.17 bits per heavy atom. The normalized spacial score (nSPS) is 20.9. The Kier molecular flexibility index (Phi) is 4.55. The SMILES string of the molecule is CCC(NC1CC=C(C#N)CC1)c1ccccc1. The zero-order valence-electron chi connectivity index (χ0n) is 10.9. The molecule has 1 aromatic carbocycles. The van der Waals surface area contributed by atoms with Gasteiger partial charge in [0.15, 0.2) is 0 Å². The third-order valence-corrected chi connectivity index (χ3v) is 3.60. The highest BCUT2D eigenvalue weighted by atomic mass is 14.9. The smallest absolute Gasteiger partial charge is 0.0943 e. The van der Waals surface area contributed by atoms with Crippen molar-refractivity contribution in [2.75, 3.05) is 0 Å². The maximum absolute atomic E-state index is 8.84. The molecule has 1 N–H and O–H groups in total. The van der Waals surface area contributed by atoms with Crippen molar-refractivity contribution >= 4 is 0 Å². The standard InChI is InChI=1S/C16H20N2/c1-2-16(14-6-4-3-5-7-14)18-15-10-8-13(12-17)9-11-15/h3-8,15-16,18H,2,9-11H2,1H3. The molecular weight excluding hydrogens is 220 g/mol. The molecule has 0 radical (unpaired) electrons.